The van der Waals surface area contributed by atoms with E-state index >= 15 is 0 Å². The van der Waals surface area contributed by atoms with E-state index in [1.54, 1.807) is 24.3 Å². The van der Waals surface area contributed by atoms with Gasteiger partial charge < -0.3 is 59.1 Å². The van der Waals surface area contributed by atoms with Crippen LogP contribution in [0.25, 0.3) is 11.1 Å². The Morgan fingerprint density at radius 3 is 0.980 bits per heavy atom. The smallest absolute Gasteiger partial charge is 0.203 e. The predicted molar refractivity (Wildman–Crippen MR) is 179 cm³/mol. The summed E-state index contributed by atoms with van der Waals surface area (Å²) in [4.78, 5) is 0. The van der Waals surface area contributed by atoms with Crippen molar-refractivity contribution < 1.29 is 59.1 Å². The molecule has 12 nitrogen and oxygen atoms in total. The third kappa shape index (κ3) is 7.25. The number of fused-ring (bicyclic) bond motifs is 3. The van der Waals surface area contributed by atoms with Crippen LogP contribution in [0.5, 0.6) is 34.5 Å². The summed E-state index contributed by atoms with van der Waals surface area (Å²) in [6, 6.07) is 23.1. The maximum atomic E-state index is 9.70. The maximum absolute atomic E-state index is 9.70. The number of rotatable bonds is 20. The lowest BCUT2D eigenvalue weighted by Crippen LogP contribution is -2.29. The Morgan fingerprint density at radius 1 is 0.388 bits per heavy atom. The zero-order chi connectivity index (χ0) is 34.6. The van der Waals surface area contributed by atoms with Gasteiger partial charge in [-0.15, -0.1) is 0 Å². The molecule has 1 aliphatic carbocycles. The lowest BCUT2D eigenvalue weighted by molar-refractivity contribution is 0.164. The summed E-state index contributed by atoms with van der Waals surface area (Å²) in [5.41, 5.74) is 3.93. The number of hydrogen-bond acceptors (Lipinski definition) is 12. The van der Waals surface area contributed by atoms with Crippen LogP contribution in [-0.4, -0.2) is 110 Å². The van der Waals surface area contributed by atoms with E-state index in [9.17, 15) is 30.6 Å². The van der Waals surface area contributed by atoms with Crippen LogP contribution in [0.1, 0.15) is 22.3 Å². The molecule has 4 aromatic rings. The molecule has 0 saturated carbocycles. The number of ether oxygens (including phenoxy) is 6. The summed E-state index contributed by atoms with van der Waals surface area (Å²) < 4.78 is 35.9. The van der Waals surface area contributed by atoms with Crippen LogP contribution in [0.4, 0.5) is 0 Å². The summed E-state index contributed by atoms with van der Waals surface area (Å²) >= 11 is 0. The first-order valence-corrected chi connectivity index (χ1v) is 16.1. The van der Waals surface area contributed by atoms with E-state index in [4.69, 9.17) is 28.4 Å². The number of aliphatic hydroxyl groups excluding tert-OH is 6. The predicted octanol–water partition coefficient (Wildman–Crippen LogP) is 2.28. The summed E-state index contributed by atoms with van der Waals surface area (Å²) in [5, 5.41) is 58.0. The molecule has 0 radical (unpaired) electrons. The molecule has 0 amide bonds. The van der Waals surface area contributed by atoms with Gasteiger partial charge in [-0.25, -0.2) is 0 Å². The van der Waals surface area contributed by atoms with E-state index in [1.165, 1.54) is 0 Å². The maximum Gasteiger partial charge on any atom is 0.203 e. The molecular weight excluding hydrogens is 636 g/mol. The zero-order valence-electron chi connectivity index (χ0n) is 27.0. The number of aliphatic hydroxyl groups is 6. The van der Waals surface area contributed by atoms with E-state index in [1.807, 2.05) is 48.5 Å². The standard InChI is InChI=1S/C37H42O12/c38-9-15-44-31-21-25(22-32(45-16-10-39)35(31)48-19-13-42)37(29-7-3-1-5-27(29)28-6-2-4-8-30(28)37)26-23-33(46-17-11-40)36(49-20-14-43)34(24-26)47-18-12-41/h1-8,21-24,38-43H,9-20H2. The highest BCUT2D eigenvalue weighted by molar-refractivity contribution is 5.87. The van der Waals surface area contributed by atoms with Gasteiger partial charge in [-0.3, -0.25) is 0 Å². The Hall–Kier alpha value is -4.56. The van der Waals surface area contributed by atoms with Crippen LogP contribution in [0, 0.1) is 0 Å². The summed E-state index contributed by atoms with van der Waals surface area (Å²) in [5.74, 6) is 1.36. The number of benzene rings is 4. The molecule has 0 heterocycles. The molecule has 0 aliphatic heterocycles. The van der Waals surface area contributed by atoms with Crippen molar-refractivity contribution in [3.8, 4) is 45.6 Å². The minimum absolute atomic E-state index is 0.0618. The average molecular weight is 679 g/mol. The lowest BCUT2D eigenvalue weighted by atomic mass is 9.67. The molecule has 262 valence electrons. The van der Waals surface area contributed by atoms with Crippen molar-refractivity contribution in [2.75, 3.05) is 79.3 Å². The Morgan fingerprint density at radius 2 is 0.673 bits per heavy atom. The largest absolute Gasteiger partial charge is 0.487 e. The van der Waals surface area contributed by atoms with Crippen LogP contribution in [0.3, 0.4) is 0 Å². The normalized spacial score (nSPS) is 12.6. The number of hydrogen-bond donors (Lipinski definition) is 6. The highest BCUT2D eigenvalue weighted by Crippen LogP contribution is 2.59. The fourth-order valence-corrected chi connectivity index (χ4v) is 6.24. The molecule has 0 unspecified atom stereocenters. The first-order valence-electron chi connectivity index (χ1n) is 16.1. The Kier molecular flexibility index (Phi) is 12.5. The van der Waals surface area contributed by atoms with Crippen molar-refractivity contribution in [1.29, 1.82) is 0 Å². The quantitative estimate of drug-likeness (QED) is 0.0709. The highest BCUT2D eigenvalue weighted by atomic mass is 16.6. The second-order valence-electron chi connectivity index (χ2n) is 10.9. The molecule has 4 aromatic carbocycles. The molecule has 0 saturated heterocycles. The molecule has 5 rings (SSSR count). The van der Waals surface area contributed by atoms with E-state index in [0.717, 1.165) is 22.3 Å². The summed E-state index contributed by atoms with van der Waals surface area (Å²) in [6.45, 7) is -2.03. The molecular formula is C37H42O12. The van der Waals surface area contributed by atoms with Crippen molar-refractivity contribution in [2.24, 2.45) is 0 Å². The third-order valence-electron chi connectivity index (χ3n) is 7.93. The van der Waals surface area contributed by atoms with E-state index in [-0.39, 0.29) is 114 Å². The Balaban J connectivity index is 1.91. The molecule has 6 N–H and O–H groups in total. The van der Waals surface area contributed by atoms with Gasteiger partial charge in [0.25, 0.3) is 0 Å². The molecule has 12 heteroatoms. The van der Waals surface area contributed by atoms with Gasteiger partial charge in [-0.05, 0) is 57.6 Å². The molecule has 49 heavy (non-hydrogen) atoms. The van der Waals surface area contributed by atoms with Gasteiger partial charge in [-0.1, -0.05) is 48.5 Å². The van der Waals surface area contributed by atoms with E-state index in [2.05, 4.69) is 0 Å². The van der Waals surface area contributed by atoms with Crippen molar-refractivity contribution in [3.05, 3.63) is 95.1 Å². The minimum atomic E-state index is -1.11. The van der Waals surface area contributed by atoms with Crippen molar-refractivity contribution in [1.82, 2.24) is 0 Å². The first kappa shape index (κ1) is 35.7. The van der Waals surface area contributed by atoms with Crippen LogP contribution >= 0.6 is 0 Å². The van der Waals surface area contributed by atoms with Gasteiger partial charge >= 0.3 is 0 Å². The van der Waals surface area contributed by atoms with Crippen LogP contribution in [0.2, 0.25) is 0 Å². The second-order valence-corrected chi connectivity index (χ2v) is 10.9. The van der Waals surface area contributed by atoms with Gasteiger partial charge in [0.1, 0.15) is 39.6 Å². The van der Waals surface area contributed by atoms with E-state index in [0.29, 0.717) is 11.1 Å². The fraction of sp³-hybridized carbons (Fsp3) is 0.351. The third-order valence-corrected chi connectivity index (χ3v) is 7.93. The fourth-order valence-electron chi connectivity index (χ4n) is 6.24. The van der Waals surface area contributed by atoms with Gasteiger partial charge in [0.2, 0.25) is 11.5 Å². The molecule has 0 aromatic heterocycles. The molecule has 0 fully saturated rings. The minimum Gasteiger partial charge on any atom is -0.487 e. The van der Waals surface area contributed by atoms with Crippen molar-refractivity contribution in [3.63, 3.8) is 0 Å². The Labute approximate surface area is 284 Å². The molecule has 0 atom stereocenters. The van der Waals surface area contributed by atoms with Gasteiger partial charge in [0.05, 0.1) is 45.1 Å². The van der Waals surface area contributed by atoms with Crippen LogP contribution in [-0.2, 0) is 5.41 Å². The van der Waals surface area contributed by atoms with Crippen molar-refractivity contribution in [2.45, 2.75) is 5.41 Å². The van der Waals surface area contributed by atoms with Gasteiger partial charge in [0.15, 0.2) is 23.0 Å². The van der Waals surface area contributed by atoms with Crippen LogP contribution < -0.4 is 28.4 Å². The second kappa shape index (κ2) is 17.2. The topological polar surface area (TPSA) is 177 Å². The molecule has 0 spiro atoms. The Bertz CT molecular complexity index is 1490. The van der Waals surface area contributed by atoms with Gasteiger partial charge in [0, 0.05) is 0 Å². The summed E-state index contributed by atoms with van der Waals surface area (Å²) in [6.07, 6.45) is 0. The van der Waals surface area contributed by atoms with Crippen LogP contribution in [0.15, 0.2) is 72.8 Å². The first-order chi connectivity index (χ1) is 24.1. The lowest BCUT2D eigenvalue weighted by Gasteiger charge is -2.35. The zero-order valence-corrected chi connectivity index (χ0v) is 27.0. The highest BCUT2D eigenvalue weighted by Gasteiger charge is 2.47. The van der Waals surface area contributed by atoms with E-state index < -0.39 is 5.41 Å². The van der Waals surface area contributed by atoms with Gasteiger partial charge in [-0.2, -0.15) is 0 Å². The average Bonchev–Trinajstić information content (AvgIpc) is 3.44. The SMILES string of the molecule is OCCOc1cc(C2(c3cc(OCCO)c(OCCO)c(OCCO)c3)c3ccccc3-c3ccccc32)cc(OCCO)c1OCCO. The molecule has 0 bridgehead atoms. The monoisotopic (exact) mass is 678 g/mol. The van der Waals surface area contributed by atoms with Crippen molar-refractivity contribution >= 4 is 0 Å². The molecule has 1 aliphatic rings. The summed E-state index contributed by atoms with van der Waals surface area (Å²) in [7, 11) is 0.